The lowest BCUT2D eigenvalue weighted by Gasteiger charge is -1.96. The van der Waals surface area contributed by atoms with Crippen LogP contribution in [0.1, 0.15) is 23.7 Å². The van der Waals surface area contributed by atoms with Crippen LogP contribution in [0.5, 0.6) is 0 Å². The zero-order chi connectivity index (χ0) is 15.9. The summed E-state index contributed by atoms with van der Waals surface area (Å²) < 4.78 is 1.58. The average molecular weight is 294 g/mol. The monoisotopic (exact) mass is 294 g/mol. The first-order valence-corrected chi connectivity index (χ1v) is 6.60. The predicted octanol–water partition coefficient (Wildman–Crippen LogP) is 2.33. The third-order valence-electron chi connectivity index (χ3n) is 2.95. The maximum absolute atomic E-state index is 11.6. The van der Waals surface area contributed by atoms with E-state index in [1.165, 1.54) is 13.1 Å². The van der Waals surface area contributed by atoms with E-state index in [-0.39, 0.29) is 12.3 Å². The standard InChI is InChI=1S/C16H14N4O2/c1-12(21)20-11-13(14-6-2-3-7-15(14)20)5-4-10-18-19-16(22)8-9-17/h2-7,10-11H,8H2,1H3,(H,19,22). The van der Waals surface area contributed by atoms with E-state index in [1.54, 1.807) is 29.0 Å². The normalized spacial score (nSPS) is 11.1. The van der Waals surface area contributed by atoms with E-state index >= 15 is 0 Å². The molecule has 0 aliphatic heterocycles. The van der Waals surface area contributed by atoms with Gasteiger partial charge in [0.1, 0.15) is 6.42 Å². The summed E-state index contributed by atoms with van der Waals surface area (Å²) in [5.41, 5.74) is 3.95. The van der Waals surface area contributed by atoms with Crippen LogP contribution in [0.2, 0.25) is 0 Å². The minimum absolute atomic E-state index is 0.0618. The van der Waals surface area contributed by atoms with E-state index in [0.29, 0.717) is 0 Å². The van der Waals surface area contributed by atoms with Gasteiger partial charge < -0.3 is 0 Å². The van der Waals surface area contributed by atoms with Crippen molar-refractivity contribution in [1.29, 1.82) is 5.26 Å². The van der Waals surface area contributed by atoms with Gasteiger partial charge in [-0.25, -0.2) is 5.43 Å². The first-order chi connectivity index (χ1) is 10.6. The molecule has 0 aliphatic rings. The number of para-hydroxylation sites is 1. The smallest absolute Gasteiger partial charge is 0.254 e. The first-order valence-electron chi connectivity index (χ1n) is 6.60. The predicted molar refractivity (Wildman–Crippen MR) is 84.1 cm³/mol. The summed E-state index contributed by atoms with van der Waals surface area (Å²) in [7, 11) is 0. The molecule has 110 valence electrons. The quantitative estimate of drug-likeness (QED) is 0.693. The highest BCUT2D eigenvalue weighted by molar-refractivity contribution is 5.98. The zero-order valence-electron chi connectivity index (χ0n) is 12.0. The van der Waals surface area contributed by atoms with Crippen LogP contribution in [0.3, 0.4) is 0 Å². The number of allylic oxidation sites excluding steroid dienone is 1. The van der Waals surface area contributed by atoms with Crippen LogP contribution in [-0.2, 0) is 4.79 Å². The number of benzene rings is 1. The molecule has 0 saturated carbocycles. The zero-order valence-corrected chi connectivity index (χ0v) is 12.0. The van der Waals surface area contributed by atoms with Crippen LogP contribution in [0.25, 0.3) is 17.0 Å². The van der Waals surface area contributed by atoms with Crippen molar-refractivity contribution >= 4 is 35.0 Å². The van der Waals surface area contributed by atoms with Crippen molar-refractivity contribution < 1.29 is 9.59 Å². The van der Waals surface area contributed by atoms with Gasteiger partial charge in [-0.15, -0.1) is 0 Å². The molecule has 2 rings (SSSR count). The first kappa shape index (κ1) is 15.2. The van der Waals surface area contributed by atoms with Gasteiger partial charge >= 0.3 is 0 Å². The number of nitriles is 1. The Morgan fingerprint density at radius 1 is 1.41 bits per heavy atom. The van der Waals surface area contributed by atoms with Crippen LogP contribution in [0.4, 0.5) is 0 Å². The van der Waals surface area contributed by atoms with E-state index in [9.17, 15) is 9.59 Å². The SMILES string of the molecule is CC(=O)n1cc(C=CC=NNC(=O)CC#N)c2ccccc21. The second kappa shape index (κ2) is 6.99. The number of fused-ring (bicyclic) bond motifs is 1. The molecule has 1 heterocycles. The molecule has 6 heteroatoms. The summed E-state index contributed by atoms with van der Waals surface area (Å²) in [6.07, 6.45) is 6.38. The van der Waals surface area contributed by atoms with Gasteiger partial charge in [-0.3, -0.25) is 14.2 Å². The Kier molecular flexibility index (Phi) is 4.83. The Balaban J connectivity index is 2.17. The summed E-state index contributed by atoms with van der Waals surface area (Å²) in [6.45, 7) is 1.51. The van der Waals surface area contributed by atoms with Crippen LogP contribution in [0.15, 0.2) is 41.6 Å². The number of hydrogen-bond donors (Lipinski definition) is 1. The van der Waals surface area contributed by atoms with Gasteiger partial charge in [-0.2, -0.15) is 10.4 Å². The Labute approximate surface area is 127 Å². The lowest BCUT2D eigenvalue weighted by atomic mass is 10.1. The lowest BCUT2D eigenvalue weighted by molar-refractivity contribution is -0.120. The average Bonchev–Trinajstić information content (AvgIpc) is 2.86. The molecule has 22 heavy (non-hydrogen) atoms. The van der Waals surface area contributed by atoms with Crippen LogP contribution in [-0.4, -0.2) is 22.6 Å². The molecular formula is C16H14N4O2. The van der Waals surface area contributed by atoms with E-state index in [2.05, 4.69) is 10.5 Å². The molecule has 1 amide bonds. The third kappa shape index (κ3) is 3.46. The fourth-order valence-corrected chi connectivity index (χ4v) is 2.01. The Morgan fingerprint density at radius 2 is 2.18 bits per heavy atom. The number of carbonyl (C=O) groups is 2. The second-order valence-electron chi connectivity index (χ2n) is 4.50. The van der Waals surface area contributed by atoms with Crippen molar-refractivity contribution in [3.63, 3.8) is 0 Å². The summed E-state index contributed by atoms with van der Waals surface area (Å²) in [4.78, 5) is 22.6. The fourth-order valence-electron chi connectivity index (χ4n) is 2.01. The van der Waals surface area contributed by atoms with Crippen molar-refractivity contribution in [1.82, 2.24) is 9.99 Å². The summed E-state index contributed by atoms with van der Waals surface area (Å²) in [6, 6.07) is 9.32. The molecule has 0 aliphatic carbocycles. The Bertz CT molecular complexity index is 809. The number of hydrazone groups is 1. The third-order valence-corrected chi connectivity index (χ3v) is 2.95. The molecule has 2 aromatic rings. The number of nitrogens with zero attached hydrogens (tertiary/aromatic N) is 3. The Hall–Kier alpha value is -3.20. The highest BCUT2D eigenvalue weighted by Crippen LogP contribution is 2.22. The fraction of sp³-hybridized carbons (Fsp3) is 0.125. The molecule has 6 nitrogen and oxygen atoms in total. The van der Waals surface area contributed by atoms with Gasteiger partial charge in [0.25, 0.3) is 5.91 Å². The van der Waals surface area contributed by atoms with Crippen molar-refractivity contribution in [3.8, 4) is 6.07 Å². The molecule has 0 fully saturated rings. The highest BCUT2D eigenvalue weighted by atomic mass is 16.2. The van der Waals surface area contributed by atoms with Crippen molar-refractivity contribution in [3.05, 3.63) is 42.1 Å². The van der Waals surface area contributed by atoms with Crippen molar-refractivity contribution in [2.24, 2.45) is 5.10 Å². The number of aromatic nitrogens is 1. The number of rotatable bonds is 4. The number of carbonyl (C=O) groups excluding carboxylic acids is 2. The second-order valence-corrected chi connectivity index (χ2v) is 4.50. The number of nitrogens with one attached hydrogen (secondary N) is 1. The van der Waals surface area contributed by atoms with Gasteiger partial charge in [-0.1, -0.05) is 24.3 Å². The number of hydrogen-bond acceptors (Lipinski definition) is 4. The molecule has 1 N–H and O–H groups in total. The van der Waals surface area contributed by atoms with Gasteiger partial charge in [0.15, 0.2) is 0 Å². The van der Waals surface area contributed by atoms with E-state index < -0.39 is 5.91 Å². The maximum Gasteiger partial charge on any atom is 0.254 e. The van der Waals surface area contributed by atoms with E-state index in [1.807, 2.05) is 24.3 Å². The van der Waals surface area contributed by atoms with Crippen molar-refractivity contribution in [2.45, 2.75) is 13.3 Å². The van der Waals surface area contributed by atoms with Crippen LogP contribution < -0.4 is 5.43 Å². The molecule has 1 aromatic heterocycles. The largest absolute Gasteiger partial charge is 0.287 e. The molecule has 0 spiro atoms. The maximum atomic E-state index is 11.6. The van der Waals surface area contributed by atoms with Gasteiger partial charge in [0, 0.05) is 30.3 Å². The minimum Gasteiger partial charge on any atom is -0.287 e. The molecule has 0 saturated heterocycles. The molecular weight excluding hydrogens is 280 g/mol. The summed E-state index contributed by atoms with van der Waals surface area (Å²) in [5, 5.41) is 13.0. The minimum atomic E-state index is -0.458. The molecule has 0 unspecified atom stereocenters. The summed E-state index contributed by atoms with van der Waals surface area (Å²) in [5.74, 6) is -0.520. The van der Waals surface area contributed by atoms with Gasteiger partial charge in [0.2, 0.25) is 5.91 Å². The van der Waals surface area contributed by atoms with Crippen molar-refractivity contribution in [2.75, 3.05) is 0 Å². The van der Waals surface area contributed by atoms with E-state index in [4.69, 9.17) is 5.26 Å². The van der Waals surface area contributed by atoms with E-state index in [0.717, 1.165) is 16.5 Å². The summed E-state index contributed by atoms with van der Waals surface area (Å²) >= 11 is 0. The van der Waals surface area contributed by atoms with Crippen LogP contribution in [0, 0.1) is 11.3 Å². The van der Waals surface area contributed by atoms with Gasteiger partial charge in [-0.05, 0) is 12.1 Å². The highest BCUT2D eigenvalue weighted by Gasteiger charge is 2.07. The molecule has 0 bridgehead atoms. The Morgan fingerprint density at radius 3 is 2.91 bits per heavy atom. The van der Waals surface area contributed by atoms with Crippen LogP contribution >= 0.6 is 0 Å². The lowest BCUT2D eigenvalue weighted by Crippen LogP contribution is -2.15. The van der Waals surface area contributed by atoms with Gasteiger partial charge in [0.05, 0.1) is 11.6 Å². The molecule has 0 radical (unpaired) electrons. The molecule has 1 aromatic carbocycles. The number of amides is 1. The molecule has 0 atom stereocenters. The topological polar surface area (TPSA) is 87.2 Å².